The molecule has 2 N–H and O–H groups in total. The molecule has 0 radical (unpaired) electrons. The van der Waals surface area contributed by atoms with Gasteiger partial charge in [0.05, 0.1) is 0 Å². The van der Waals surface area contributed by atoms with E-state index >= 15 is 0 Å². The molecule has 150 valence electrons. The van der Waals surface area contributed by atoms with Crippen LogP contribution < -0.4 is 10.6 Å². The van der Waals surface area contributed by atoms with E-state index < -0.39 is 17.7 Å². The van der Waals surface area contributed by atoms with Crippen molar-refractivity contribution in [3.63, 3.8) is 0 Å². The number of rotatable bonds is 7. The first-order valence-corrected chi connectivity index (χ1v) is 9.19. The van der Waals surface area contributed by atoms with Gasteiger partial charge in [0, 0.05) is 39.3 Å². The molecule has 0 aromatic carbocycles. The number of carbonyl (C=O) groups is 3. The SMILES string of the molecule is COCCCNC(=O)C1CCN(C(=O)[C@@H](C)NC(=O)OC(C)(C)C)CC1. The highest BCUT2D eigenvalue weighted by atomic mass is 16.6. The largest absolute Gasteiger partial charge is 0.444 e. The van der Waals surface area contributed by atoms with Crippen LogP contribution in [0.1, 0.15) is 47.0 Å². The number of methoxy groups -OCH3 is 1. The van der Waals surface area contributed by atoms with Gasteiger partial charge in [-0.25, -0.2) is 4.79 Å². The highest BCUT2D eigenvalue weighted by Gasteiger charge is 2.30. The van der Waals surface area contributed by atoms with E-state index in [2.05, 4.69) is 10.6 Å². The molecule has 8 heteroatoms. The van der Waals surface area contributed by atoms with Crippen LogP contribution in [-0.2, 0) is 19.1 Å². The van der Waals surface area contributed by atoms with Crippen LogP contribution in [0.25, 0.3) is 0 Å². The average Bonchev–Trinajstić information content (AvgIpc) is 2.56. The first-order chi connectivity index (χ1) is 12.1. The highest BCUT2D eigenvalue weighted by Crippen LogP contribution is 2.18. The maximum absolute atomic E-state index is 12.5. The molecular formula is C18H33N3O5. The zero-order valence-corrected chi connectivity index (χ0v) is 16.6. The number of likely N-dealkylation sites (tertiary alicyclic amines) is 1. The molecule has 1 saturated heterocycles. The fourth-order valence-electron chi connectivity index (χ4n) is 2.75. The standard InChI is InChI=1S/C18H33N3O5/c1-13(20-17(24)26-18(2,3)4)16(23)21-10-7-14(8-11-21)15(22)19-9-6-12-25-5/h13-14H,6-12H2,1-5H3,(H,19,22)(H,20,24)/t13-/m1/s1. The van der Waals surface area contributed by atoms with Gasteiger partial charge in [-0.05, 0) is 47.0 Å². The van der Waals surface area contributed by atoms with E-state index in [-0.39, 0.29) is 17.7 Å². The van der Waals surface area contributed by atoms with Gasteiger partial charge in [0.15, 0.2) is 0 Å². The highest BCUT2D eigenvalue weighted by molar-refractivity contribution is 5.86. The molecule has 0 aromatic heterocycles. The number of carbonyl (C=O) groups excluding carboxylic acids is 3. The lowest BCUT2D eigenvalue weighted by Gasteiger charge is -2.33. The van der Waals surface area contributed by atoms with Crippen LogP contribution >= 0.6 is 0 Å². The quantitative estimate of drug-likeness (QED) is 0.657. The zero-order chi connectivity index (χ0) is 19.7. The topological polar surface area (TPSA) is 97.0 Å². The van der Waals surface area contributed by atoms with E-state index in [4.69, 9.17) is 9.47 Å². The van der Waals surface area contributed by atoms with Gasteiger partial charge in [-0.15, -0.1) is 0 Å². The molecule has 1 aliphatic rings. The first-order valence-electron chi connectivity index (χ1n) is 9.19. The van der Waals surface area contributed by atoms with Crippen LogP contribution in [-0.4, -0.2) is 67.8 Å². The summed E-state index contributed by atoms with van der Waals surface area (Å²) >= 11 is 0. The van der Waals surface area contributed by atoms with E-state index in [0.717, 1.165) is 6.42 Å². The molecule has 0 saturated carbocycles. The Morgan fingerprint density at radius 2 is 1.81 bits per heavy atom. The summed E-state index contributed by atoms with van der Waals surface area (Å²) in [6.07, 6.45) is 1.43. The summed E-state index contributed by atoms with van der Waals surface area (Å²) in [4.78, 5) is 38.1. The second kappa shape index (κ2) is 10.4. The summed E-state index contributed by atoms with van der Waals surface area (Å²) in [7, 11) is 1.63. The average molecular weight is 371 g/mol. The van der Waals surface area contributed by atoms with Crippen LogP contribution in [0.3, 0.4) is 0 Å². The Labute approximate surface area is 156 Å². The van der Waals surface area contributed by atoms with Crippen molar-refractivity contribution in [2.75, 3.05) is 33.4 Å². The summed E-state index contributed by atoms with van der Waals surface area (Å²) in [6, 6.07) is -0.663. The van der Waals surface area contributed by atoms with Crippen molar-refractivity contribution in [2.24, 2.45) is 5.92 Å². The van der Waals surface area contributed by atoms with E-state index in [9.17, 15) is 14.4 Å². The van der Waals surface area contributed by atoms with Crippen LogP contribution in [0.5, 0.6) is 0 Å². The van der Waals surface area contributed by atoms with E-state index in [0.29, 0.717) is 39.1 Å². The Morgan fingerprint density at radius 1 is 1.19 bits per heavy atom. The molecule has 0 unspecified atom stereocenters. The molecule has 0 bridgehead atoms. The molecule has 0 spiro atoms. The molecule has 1 atom stereocenters. The van der Waals surface area contributed by atoms with Crippen LogP contribution in [0.4, 0.5) is 4.79 Å². The molecule has 1 rings (SSSR count). The molecule has 26 heavy (non-hydrogen) atoms. The van der Waals surface area contributed by atoms with Crippen molar-refractivity contribution in [1.82, 2.24) is 15.5 Å². The minimum absolute atomic E-state index is 0.0353. The molecule has 1 aliphatic heterocycles. The van der Waals surface area contributed by atoms with Crippen LogP contribution in [0.15, 0.2) is 0 Å². The fraction of sp³-hybridized carbons (Fsp3) is 0.833. The van der Waals surface area contributed by atoms with Crippen LogP contribution in [0, 0.1) is 5.92 Å². The number of piperidine rings is 1. The summed E-state index contributed by atoms with van der Waals surface area (Å²) < 4.78 is 10.1. The smallest absolute Gasteiger partial charge is 0.408 e. The third-order valence-electron chi connectivity index (χ3n) is 4.11. The molecule has 1 fully saturated rings. The zero-order valence-electron chi connectivity index (χ0n) is 16.6. The third kappa shape index (κ3) is 8.03. The number of alkyl carbamates (subject to hydrolysis) is 1. The second-order valence-corrected chi connectivity index (χ2v) is 7.60. The van der Waals surface area contributed by atoms with Crippen LogP contribution in [0.2, 0.25) is 0 Å². The lowest BCUT2D eigenvalue weighted by Crippen LogP contribution is -2.51. The number of hydrogen-bond acceptors (Lipinski definition) is 5. The van der Waals surface area contributed by atoms with Gasteiger partial charge < -0.3 is 25.0 Å². The van der Waals surface area contributed by atoms with Gasteiger partial charge in [0.2, 0.25) is 11.8 Å². The molecule has 3 amide bonds. The van der Waals surface area contributed by atoms with Gasteiger partial charge in [0.1, 0.15) is 11.6 Å². The van der Waals surface area contributed by atoms with Crippen molar-refractivity contribution >= 4 is 17.9 Å². The number of hydrogen-bond donors (Lipinski definition) is 2. The van der Waals surface area contributed by atoms with E-state index in [1.165, 1.54) is 0 Å². The predicted molar refractivity (Wildman–Crippen MR) is 97.6 cm³/mol. The van der Waals surface area contributed by atoms with Gasteiger partial charge in [-0.1, -0.05) is 0 Å². The van der Waals surface area contributed by atoms with Gasteiger partial charge in [-0.3, -0.25) is 9.59 Å². The van der Waals surface area contributed by atoms with Crippen molar-refractivity contribution in [2.45, 2.75) is 58.6 Å². The Morgan fingerprint density at radius 3 is 2.35 bits per heavy atom. The Kier molecular flexibility index (Phi) is 8.84. The summed E-state index contributed by atoms with van der Waals surface area (Å²) in [5.74, 6) is -0.196. The van der Waals surface area contributed by atoms with Gasteiger partial charge in [-0.2, -0.15) is 0 Å². The van der Waals surface area contributed by atoms with Crippen molar-refractivity contribution in [1.29, 1.82) is 0 Å². The summed E-state index contributed by atoms with van der Waals surface area (Å²) in [6.45, 7) is 9.18. The third-order valence-corrected chi connectivity index (χ3v) is 4.11. The minimum Gasteiger partial charge on any atom is -0.444 e. The predicted octanol–water partition coefficient (Wildman–Crippen LogP) is 1.29. The number of ether oxygens (including phenoxy) is 2. The van der Waals surface area contributed by atoms with Crippen molar-refractivity contribution in [3.8, 4) is 0 Å². The Balaban J connectivity index is 2.36. The lowest BCUT2D eigenvalue weighted by atomic mass is 9.95. The summed E-state index contributed by atoms with van der Waals surface area (Å²) in [5, 5.41) is 5.47. The van der Waals surface area contributed by atoms with E-state index in [1.54, 1.807) is 39.7 Å². The second-order valence-electron chi connectivity index (χ2n) is 7.60. The van der Waals surface area contributed by atoms with Gasteiger partial charge >= 0.3 is 6.09 Å². The Hall–Kier alpha value is -1.83. The number of amides is 3. The first kappa shape index (κ1) is 22.2. The minimum atomic E-state index is -0.663. The monoisotopic (exact) mass is 371 g/mol. The molecule has 0 aliphatic carbocycles. The maximum Gasteiger partial charge on any atom is 0.408 e. The molecule has 1 heterocycles. The van der Waals surface area contributed by atoms with E-state index in [1.807, 2.05) is 0 Å². The summed E-state index contributed by atoms with van der Waals surface area (Å²) in [5.41, 5.74) is -0.609. The van der Waals surface area contributed by atoms with Gasteiger partial charge in [0.25, 0.3) is 0 Å². The molecular weight excluding hydrogens is 338 g/mol. The molecule has 0 aromatic rings. The number of nitrogens with zero attached hydrogens (tertiary/aromatic N) is 1. The number of nitrogens with one attached hydrogen (secondary N) is 2. The maximum atomic E-state index is 12.5. The van der Waals surface area contributed by atoms with Crippen molar-refractivity contribution in [3.05, 3.63) is 0 Å². The normalized spacial score (nSPS) is 16.7. The fourth-order valence-corrected chi connectivity index (χ4v) is 2.75. The molecule has 8 nitrogen and oxygen atoms in total. The van der Waals surface area contributed by atoms with Crippen molar-refractivity contribution < 1.29 is 23.9 Å². The Bertz CT molecular complexity index is 482. The lowest BCUT2D eigenvalue weighted by molar-refractivity contribution is -0.137.